The summed E-state index contributed by atoms with van der Waals surface area (Å²) >= 11 is 0. The number of hydrogen-bond donors (Lipinski definition) is 1. The number of rotatable bonds is 2. The molecule has 0 radical (unpaired) electrons. The monoisotopic (exact) mass is 230 g/mol. The molecule has 0 unspecified atom stereocenters. The molecule has 1 aliphatic rings. The molecule has 1 aromatic heterocycles. The molecule has 0 fully saturated rings. The van der Waals surface area contributed by atoms with Crippen LogP contribution in [-0.2, 0) is 6.54 Å². The van der Waals surface area contributed by atoms with Gasteiger partial charge in [0.1, 0.15) is 0 Å². The predicted molar refractivity (Wildman–Crippen MR) is 72.8 cm³/mol. The average molecular weight is 230 g/mol. The van der Waals surface area contributed by atoms with E-state index >= 15 is 0 Å². The van der Waals surface area contributed by atoms with Crippen molar-refractivity contribution in [2.75, 3.05) is 6.54 Å². The number of fused-ring (bicyclic) bond motifs is 1. The zero-order chi connectivity index (χ0) is 12.4. The Balaban J connectivity index is 2.61. The van der Waals surface area contributed by atoms with Gasteiger partial charge in [0.05, 0.1) is 0 Å². The summed E-state index contributed by atoms with van der Waals surface area (Å²) in [6.45, 7) is 10.9. The summed E-state index contributed by atoms with van der Waals surface area (Å²) in [4.78, 5) is 4.39. The smallest absolute Gasteiger partial charge is 0.0319 e. The van der Waals surface area contributed by atoms with E-state index in [0.29, 0.717) is 11.8 Å². The van der Waals surface area contributed by atoms with Crippen LogP contribution >= 0.6 is 0 Å². The summed E-state index contributed by atoms with van der Waals surface area (Å²) in [5.74, 6) is 1.09. The first-order chi connectivity index (χ1) is 8.11. The first kappa shape index (κ1) is 12.3. The average Bonchev–Trinajstić information content (AvgIpc) is 2.50. The fraction of sp³-hybridized carbons (Fsp3) is 0.533. The van der Waals surface area contributed by atoms with E-state index in [1.54, 1.807) is 0 Å². The fourth-order valence-corrected chi connectivity index (χ4v) is 2.46. The third-order valence-electron chi connectivity index (χ3n) is 3.37. The molecule has 2 heteroatoms. The van der Waals surface area contributed by atoms with E-state index in [0.717, 1.165) is 13.1 Å². The quantitative estimate of drug-likeness (QED) is 0.842. The van der Waals surface area contributed by atoms with Crippen LogP contribution in [0.15, 0.2) is 18.5 Å². The van der Waals surface area contributed by atoms with E-state index in [9.17, 15) is 0 Å². The van der Waals surface area contributed by atoms with Crippen LogP contribution in [-0.4, -0.2) is 11.5 Å². The van der Waals surface area contributed by atoms with Gasteiger partial charge >= 0.3 is 0 Å². The molecule has 0 saturated carbocycles. The minimum absolute atomic E-state index is 0.526. The maximum Gasteiger partial charge on any atom is 0.0319 e. The number of nitrogens with zero attached hydrogens (tertiary/aromatic N) is 1. The Morgan fingerprint density at radius 1 is 1.12 bits per heavy atom. The topological polar surface area (TPSA) is 24.9 Å². The number of hydrogen-bond acceptors (Lipinski definition) is 2. The lowest BCUT2D eigenvalue weighted by Crippen LogP contribution is -2.12. The molecule has 2 rings (SSSR count). The SMILES string of the molecule is CC(C)C1=CCNCc2cncc(C(C)C)c21. The summed E-state index contributed by atoms with van der Waals surface area (Å²) < 4.78 is 0. The van der Waals surface area contributed by atoms with Crippen LogP contribution in [0.4, 0.5) is 0 Å². The van der Waals surface area contributed by atoms with Crippen molar-refractivity contribution in [3.63, 3.8) is 0 Å². The number of nitrogens with one attached hydrogen (secondary N) is 1. The molecule has 2 heterocycles. The Labute approximate surface area is 104 Å². The van der Waals surface area contributed by atoms with Crippen molar-refractivity contribution in [3.8, 4) is 0 Å². The first-order valence-corrected chi connectivity index (χ1v) is 6.49. The van der Waals surface area contributed by atoms with Crippen LogP contribution in [0.25, 0.3) is 5.57 Å². The highest BCUT2D eigenvalue weighted by Crippen LogP contribution is 2.33. The van der Waals surface area contributed by atoms with Crippen molar-refractivity contribution < 1.29 is 0 Å². The maximum atomic E-state index is 4.39. The Hall–Kier alpha value is -1.15. The van der Waals surface area contributed by atoms with E-state index in [4.69, 9.17) is 0 Å². The molecule has 0 spiro atoms. The summed E-state index contributed by atoms with van der Waals surface area (Å²) in [6.07, 6.45) is 6.38. The second kappa shape index (κ2) is 5.01. The molecule has 0 saturated heterocycles. The van der Waals surface area contributed by atoms with E-state index in [-0.39, 0.29) is 0 Å². The fourth-order valence-electron chi connectivity index (χ4n) is 2.46. The molecule has 1 aliphatic heterocycles. The van der Waals surface area contributed by atoms with Crippen LogP contribution in [0.1, 0.15) is 50.3 Å². The van der Waals surface area contributed by atoms with Crippen molar-refractivity contribution in [2.24, 2.45) is 5.92 Å². The van der Waals surface area contributed by atoms with Crippen LogP contribution in [0.2, 0.25) is 0 Å². The minimum Gasteiger partial charge on any atom is -0.309 e. The van der Waals surface area contributed by atoms with Crippen LogP contribution < -0.4 is 5.32 Å². The normalized spacial score (nSPS) is 15.8. The lowest BCUT2D eigenvalue weighted by molar-refractivity contribution is 0.757. The highest BCUT2D eigenvalue weighted by Gasteiger charge is 2.19. The summed E-state index contributed by atoms with van der Waals surface area (Å²) in [7, 11) is 0. The summed E-state index contributed by atoms with van der Waals surface area (Å²) in [5, 5.41) is 3.44. The molecular formula is C15H22N2. The van der Waals surface area contributed by atoms with E-state index in [2.05, 4.69) is 44.1 Å². The molecule has 1 N–H and O–H groups in total. The van der Waals surface area contributed by atoms with Gasteiger partial charge in [-0.2, -0.15) is 0 Å². The van der Waals surface area contributed by atoms with Crippen molar-refractivity contribution in [3.05, 3.63) is 35.2 Å². The first-order valence-electron chi connectivity index (χ1n) is 6.49. The van der Waals surface area contributed by atoms with Gasteiger partial charge in [0.2, 0.25) is 0 Å². The largest absolute Gasteiger partial charge is 0.309 e. The van der Waals surface area contributed by atoms with Crippen LogP contribution in [0.3, 0.4) is 0 Å². The number of pyridine rings is 1. The summed E-state index contributed by atoms with van der Waals surface area (Å²) in [5.41, 5.74) is 5.63. The molecular weight excluding hydrogens is 208 g/mol. The molecule has 0 amide bonds. The van der Waals surface area contributed by atoms with Crippen molar-refractivity contribution in [1.82, 2.24) is 10.3 Å². The third kappa shape index (κ3) is 2.42. The standard InChI is InChI=1S/C15H22N2/c1-10(2)13-5-6-16-7-12-8-17-9-14(11(3)4)15(12)13/h5,8-11,16H,6-7H2,1-4H3. The Morgan fingerprint density at radius 3 is 2.53 bits per heavy atom. The summed E-state index contributed by atoms with van der Waals surface area (Å²) in [6, 6.07) is 0. The molecule has 2 nitrogen and oxygen atoms in total. The van der Waals surface area contributed by atoms with Crippen molar-refractivity contribution in [2.45, 2.75) is 40.2 Å². The van der Waals surface area contributed by atoms with E-state index in [1.807, 2.05) is 12.4 Å². The zero-order valence-electron chi connectivity index (χ0n) is 11.2. The van der Waals surface area contributed by atoms with Crippen molar-refractivity contribution in [1.29, 1.82) is 0 Å². The molecule has 0 atom stereocenters. The van der Waals surface area contributed by atoms with E-state index < -0.39 is 0 Å². The predicted octanol–water partition coefficient (Wildman–Crippen LogP) is 3.35. The van der Waals surface area contributed by atoms with Crippen LogP contribution in [0.5, 0.6) is 0 Å². The Kier molecular flexibility index (Phi) is 3.63. The molecule has 92 valence electrons. The van der Waals surface area contributed by atoms with Gasteiger partial charge in [0.25, 0.3) is 0 Å². The van der Waals surface area contributed by atoms with Crippen LogP contribution in [0, 0.1) is 5.92 Å². The number of allylic oxidation sites excluding steroid dienone is 1. The lowest BCUT2D eigenvalue weighted by atomic mass is 9.86. The molecule has 0 aliphatic carbocycles. The highest BCUT2D eigenvalue weighted by molar-refractivity contribution is 5.73. The van der Waals surface area contributed by atoms with Gasteiger partial charge in [-0.25, -0.2) is 0 Å². The molecule has 17 heavy (non-hydrogen) atoms. The second-order valence-corrected chi connectivity index (χ2v) is 5.36. The van der Waals surface area contributed by atoms with Gasteiger partial charge in [-0.05, 0) is 34.1 Å². The molecule has 1 aromatic rings. The second-order valence-electron chi connectivity index (χ2n) is 5.36. The minimum atomic E-state index is 0.526. The highest BCUT2D eigenvalue weighted by atomic mass is 14.9. The Morgan fingerprint density at radius 2 is 1.88 bits per heavy atom. The third-order valence-corrected chi connectivity index (χ3v) is 3.37. The van der Waals surface area contributed by atoms with E-state index in [1.165, 1.54) is 22.3 Å². The maximum absolute atomic E-state index is 4.39. The molecule has 0 aromatic carbocycles. The Bertz CT molecular complexity index is 431. The lowest BCUT2D eigenvalue weighted by Gasteiger charge is -2.20. The van der Waals surface area contributed by atoms with Gasteiger partial charge < -0.3 is 5.32 Å². The van der Waals surface area contributed by atoms with Gasteiger partial charge in [-0.3, -0.25) is 4.98 Å². The molecule has 0 bridgehead atoms. The number of aromatic nitrogens is 1. The van der Waals surface area contributed by atoms with Gasteiger partial charge in [0, 0.05) is 25.5 Å². The van der Waals surface area contributed by atoms with Gasteiger partial charge in [-0.15, -0.1) is 0 Å². The zero-order valence-corrected chi connectivity index (χ0v) is 11.2. The van der Waals surface area contributed by atoms with Gasteiger partial charge in [-0.1, -0.05) is 33.8 Å². The van der Waals surface area contributed by atoms with Crippen molar-refractivity contribution >= 4 is 5.57 Å². The van der Waals surface area contributed by atoms with Gasteiger partial charge in [0.15, 0.2) is 0 Å².